The third kappa shape index (κ3) is 5.47. The van der Waals surface area contributed by atoms with E-state index in [0.717, 1.165) is 60.6 Å². The molecular weight excluding hydrogens is 697 g/mol. The summed E-state index contributed by atoms with van der Waals surface area (Å²) < 4.78 is 9.91. The molecule has 0 atom stereocenters. The minimum absolute atomic E-state index is 0.548. The van der Waals surface area contributed by atoms with Crippen molar-refractivity contribution in [1.29, 1.82) is 0 Å². The minimum atomic E-state index is 0.548. The second-order valence-electron chi connectivity index (χ2n) is 13.4. The van der Waals surface area contributed by atoms with E-state index in [1.165, 1.54) is 15.5 Å². The molecular formula is C47H28N6OS. The normalized spacial score (nSPS) is 11.6. The number of para-hydroxylation sites is 2. The first-order valence-electron chi connectivity index (χ1n) is 18.0. The highest BCUT2D eigenvalue weighted by atomic mass is 32.1. The molecule has 7 nitrogen and oxygen atoms in total. The second-order valence-corrected chi connectivity index (χ2v) is 14.4. The quantitative estimate of drug-likeness (QED) is 0.170. The third-order valence-corrected chi connectivity index (χ3v) is 11.0. The van der Waals surface area contributed by atoms with Gasteiger partial charge in [-0.15, -0.1) is 11.3 Å². The Balaban J connectivity index is 0.947. The lowest BCUT2D eigenvalue weighted by molar-refractivity contribution is 0.620. The fourth-order valence-corrected chi connectivity index (χ4v) is 8.22. The van der Waals surface area contributed by atoms with E-state index in [2.05, 4.69) is 89.5 Å². The first-order valence-corrected chi connectivity index (χ1v) is 18.8. The summed E-state index contributed by atoms with van der Waals surface area (Å²) in [7, 11) is 0. The summed E-state index contributed by atoms with van der Waals surface area (Å²) in [6, 6.07) is 57.8. The van der Waals surface area contributed by atoms with Crippen LogP contribution in [0.15, 0.2) is 174 Å². The van der Waals surface area contributed by atoms with Gasteiger partial charge in [-0.05, 0) is 78.9 Å². The molecule has 0 aliphatic heterocycles. The zero-order valence-corrected chi connectivity index (χ0v) is 30.0. The van der Waals surface area contributed by atoms with Crippen LogP contribution in [-0.2, 0) is 0 Å². The number of aromatic nitrogens is 6. The lowest BCUT2D eigenvalue weighted by Gasteiger charge is -2.08. The van der Waals surface area contributed by atoms with E-state index >= 15 is 0 Å². The summed E-state index contributed by atoms with van der Waals surface area (Å²) in [5.41, 5.74) is 10.5. The van der Waals surface area contributed by atoms with Crippen molar-refractivity contribution < 1.29 is 4.42 Å². The molecule has 258 valence electrons. The minimum Gasteiger partial charge on any atom is -0.436 e. The number of hydrogen-bond donors (Lipinski definition) is 0. The van der Waals surface area contributed by atoms with Gasteiger partial charge >= 0.3 is 0 Å². The molecule has 4 aromatic heterocycles. The summed E-state index contributed by atoms with van der Waals surface area (Å²) >= 11 is 1.73. The highest BCUT2D eigenvalue weighted by Gasteiger charge is 2.17. The molecule has 0 N–H and O–H groups in total. The Morgan fingerprint density at radius 3 is 1.78 bits per heavy atom. The van der Waals surface area contributed by atoms with E-state index in [0.29, 0.717) is 28.9 Å². The number of benzene rings is 7. The molecule has 0 unspecified atom stereocenters. The van der Waals surface area contributed by atoms with Crippen LogP contribution in [0, 0.1) is 0 Å². The van der Waals surface area contributed by atoms with Gasteiger partial charge in [-0.2, -0.15) is 0 Å². The van der Waals surface area contributed by atoms with Crippen LogP contribution in [0.3, 0.4) is 0 Å². The van der Waals surface area contributed by atoms with Gasteiger partial charge in [-0.1, -0.05) is 91.0 Å². The molecule has 7 aromatic carbocycles. The summed E-state index contributed by atoms with van der Waals surface area (Å²) in [4.78, 5) is 24.4. The molecule has 0 saturated heterocycles. The maximum atomic E-state index is 6.40. The van der Waals surface area contributed by atoms with Crippen LogP contribution in [0.4, 0.5) is 0 Å². The monoisotopic (exact) mass is 724 g/mol. The van der Waals surface area contributed by atoms with Crippen LogP contribution >= 0.6 is 11.3 Å². The van der Waals surface area contributed by atoms with Crippen molar-refractivity contribution in [3.05, 3.63) is 170 Å². The van der Waals surface area contributed by atoms with Crippen LogP contribution in [0.2, 0.25) is 0 Å². The molecule has 11 rings (SSSR count). The second kappa shape index (κ2) is 12.7. The number of fused-ring (bicyclic) bond motifs is 5. The highest BCUT2D eigenvalue weighted by Crippen LogP contribution is 2.38. The van der Waals surface area contributed by atoms with Gasteiger partial charge in [0.05, 0.1) is 21.3 Å². The molecule has 0 aliphatic carbocycles. The molecule has 0 fully saturated rings. The summed E-state index contributed by atoms with van der Waals surface area (Å²) in [6.07, 6.45) is 0. The van der Waals surface area contributed by atoms with Crippen molar-refractivity contribution in [2.75, 3.05) is 0 Å². The first kappa shape index (κ1) is 31.3. The number of hydrogen-bond acceptors (Lipinski definition) is 7. The predicted molar refractivity (Wildman–Crippen MR) is 222 cm³/mol. The van der Waals surface area contributed by atoms with Crippen LogP contribution in [-0.4, -0.2) is 29.5 Å². The maximum absolute atomic E-state index is 6.40. The van der Waals surface area contributed by atoms with E-state index in [1.54, 1.807) is 11.3 Å². The van der Waals surface area contributed by atoms with Crippen molar-refractivity contribution in [2.24, 2.45) is 0 Å². The van der Waals surface area contributed by atoms with Gasteiger partial charge in [0.1, 0.15) is 10.5 Å². The molecule has 0 saturated carbocycles. The first-order chi connectivity index (χ1) is 27.2. The zero-order chi connectivity index (χ0) is 36.3. The number of oxazole rings is 1. The van der Waals surface area contributed by atoms with Gasteiger partial charge in [0, 0.05) is 44.3 Å². The SMILES string of the molecule is c1ccc(-c2nc(-c3ccccc3)nc(-c3ccc4nc(-c5ccc(-n6c7ccccc7c7cc(-c8nc9ccccc9s8)ccc76)cc5)oc4c3)n2)cc1. The van der Waals surface area contributed by atoms with Gasteiger partial charge in [-0.3, -0.25) is 0 Å². The number of nitrogens with zero attached hydrogens (tertiary/aromatic N) is 6. The zero-order valence-electron chi connectivity index (χ0n) is 29.2. The lowest BCUT2D eigenvalue weighted by Crippen LogP contribution is -2.00. The van der Waals surface area contributed by atoms with E-state index in [4.69, 9.17) is 29.3 Å². The summed E-state index contributed by atoms with van der Waals surface area (Å²) in [6.45, 7) is 0. The highest BCUT2D eigenvalue weighted by molar-refractivity contribution is 7.21. The molecule has 8 heteroatoms. The standard InChI is InChI=1S/C47H28N6OS/c1-3-11-29(12-4-1)43-50-44(30-13-5-2-6-14-30)52-45(51-43)32-21-25-37-41(28-32)54-46(48-37)31-19-23-34(24-20-31)53-39-17-9-7-15-35(39)36-27-33(22-26-40(36)53)47-49-38-16-8-10-18-42(38)55-47/h1-28H. The van der Waals surface area contributed by atoms with Crippen molar-refractivity contribution in [1.82, 2.24) is 29.5 Å². The molecule has 0 spiro atoms. The van der Waals surface area contributed by atoms with Crippen LogP contribution in [0.25, 0.3) is 105 Å². The Labute approximate surface area is 318 Å². The Kier molecular flexibility index (Phi) is 7.21. The van der Waals surface area contributed by atoms with Crippen molar-refractivity contribution >= 4 is 54.5 Å². The molecule has 0 amide bonds. The lowest BCUT2D eigenvalue weighted by atomic mass is 10.1. The van der Waals surface area contributed by atoms with Gasteiger partial charge in [0.25, 0.3) is 0 Å². The molecule has 0 bridgehead atoms. The van der Waals surface area contributed by atoms with Crippen molar-refractivity contribution in [3.8, 4) is 61.9 Å². The fraction of sp³-hybridized carbons (Fsp3) is 0. The summed E-state index contributed by atoms with van der Waals surface area (Å²) in [5, 5.41) is 3.41. The van der Waals surface area contributed by atoms with Crippen molar-refractivity contribution in [2.45, 2.75) is 0 Å². The summed E-state index contributed by atoms with van der Waals surface area (Å²) in [5.74, 6) is 2.34. The van der Waals surface area contributed by atoms with Crippen LogP contribution < -0.4 is 0 Å². The maximum Gasteiger partial charge on any atom is 0.227 e. The van der Waals surface area contributed by atoms with Crippen LogP contribution in [0.5, 0.6) is 0 Å². The van der Waals surface area contributed by atoms with Crippen LogP contribution in [0.1, 0.15) is 0 Å². The third-order valence-electron chi connectivity index (χ3n) is 9.93. The largest absolute Gasteiger partial charge is 0.436 e. The Morgan fingerprint density at radius 1 is 0.418 bits per heavy atom. The van der Waals surface area contributed by atoms with E-state index in [1.807, 2.05) is 84.9 Å². The number of rotatable bonds is 6. The average molecular weight is 725 g/mol. The molecule has 0 radical (unpaired) electrons. The van der Waals surface area contributed by atoms with Gasteiger partial charge in [0.2, 0.25) is 5.89 Å². The average Bonchev–Trinajstić information content (AvgIpc) is 3.98. The smallest absolute Gasteiger partial charge is 0.227 e. The molecule has 11 aromatic rings. The van der Waals surface area contributed by atoms with Crippen molar-refractivity contribution in [3.63, 3.8) is 0 Å². The van der Waals surface area contributed by atoms with Gasteiger partial charge in [-0.25, -0.2) is 24.9 Å². The molecule has 0 aliphatic rings. The van der Waals surface area contributed by atoms with E-state index in [-0.39, 0.29) is 0 Å². The Hall–Kier alpha value is -7.29. The fourth-order valence-electron chi connectivity index (χ4n) is 7.26. The topological polar surface area (TPSA) is 82.5 Å². The van der Waals surface area contributed by atoms with Gasteiger partial charge < -0.3 is 8.98 Å². The van der Waals surface area contributed by atoms with E-state index < -0.39 is 0 Å². The van der Waals surface area contributed by atoms with Gasteiger partial charge in [0.15, 0.2) is 23.1 Å². The predicted octanol–water partition coefficient (Wildman–Crippen LogP) is 12.1. The van der Waals surface area contributed by atoms with E-state index in [9.17, 15) is 0 Å². The Bertz CT molecular complexity index is 3110. The molecule has 4 heterocycles. The number of thiazole rings is 1. The Morgan fingerprint density at radius 2 is 1.04 bits per heavy atom. The molecule has 55 heavy (non-hydrogen) atoms.